The Kier molecular flexibility index (Phi) is 9.06. The van der Waals surface area contributed by atoms with Gasteiger partial charge in [0.05, 0.1) is 6.10 Å². The zero-order chi connectivity index (χ0) is 15.8. The molecule has 1 aliphatic rings. The Morgan fingerprint density at radius 3 is 2.43 bits per heavy atom. The third-order valence-corrected chi connectivity index (χ3v) is 3.57. The van der Waals surface area contributed by atoms with Gasteiger partial charge in [-0.15, -0.1) is 24.0 Å². The molecule has 0 fully saturated rings. The largest absolute Gasteiger partial charge is 0.491 e. The molecule has 1 aliphatic carbocycles. The summed E-state index contributed by atoms with van der Waals surface area (Å²) in [5.74, 6) is 1.81. The summed E-state index contributed by atoms with van der Waals surface area (Å²) >= 11 is 0. The van der Waals surface area contributed by atoms with Crippen LogP contribution in [0.3, 0.4) is 0 Å². The molecule has 0 unspecified atom stereocenters. The van der Waals surface area contributed by atoms with E-state index in [9.17, 15) is 0 Å². The van der Waals surface area contributed by atoms with Gasteiger partial charge in [-0.05, 0) is 50.8 Å². The van der Waals surface area contributed by atoms with Crippen LogP contribution < -0.4 is 15.4 Å². The van der Waals surface area contributed by atoms with E-state index < -0.39 is 0 Å². The fraction of sp³-hybridized carbons (Fsp3) is 0.500. The molecule has 23 heavy (non-hydrogen) atoms. The smallest absolute Gasteiger partial charge is 0.191 e. The third kappa shape index (κ3) is 7.24. The monoisotopic (exact) mass is 429 g/mol. The van der Waals surface area contributed by atoms with Crippen molar-refractivity contribution >= 4 is 29.9 Å². The van der Waals surface area contributed by atoms with Gasteiger partial charge in [-0.1, -0.05) is 24.3 Å². The van der Waals surface area contributed by atoms with Gasteiger partial charge in [0.25, 0.3) is 0 Å². The molecule has 0 saturated carbocycles. The molecule has 0 amide bonds. The first-order valence-electron chi connectivity index (χ1n) is 8.05. The van der Waals surface area contributed by atoms with Crippen molar-refractivity contribution in [3.63, 3.8) is 0 Å². The van der Waals surface area contributed by atoms with Crippen molar-refractivity contribution in [3.8, 4) is 5.75 Å². The zero-order valence-electron chi connectivity index (χ0n) is 14.2. The Morgan fingerprint density at radius 1 is 1.22 bits per heavy atom. The average molecular weight is 429 g/mol. The van der Waals surface area contributed by atoms with Crippen molar-refractivity contribution in [2.24, 2.45) is 4.99 Å². The molecule has 0 bridgehead atoms. The van der Waals surface area contributed by atoms with Gasteiger partial charge in [0.15, 0.2) is 5.96 Å². The quantitative estimate of drug-likeness (QED) is 0.315. The molecule has 128 valence electrons. The molecule has 2 N–H and O–H groups in total. The van der Waals surface area contributed by atoms with E-state index in [2.05, 4.69) is 39.9 Å². The second-order valence-corrected chi connectivity index (χ2v) is 5.84. The summed E-state index contributed by atoms with van der Waals surface area (Å²) in [6.45, 7) is 4.94. The van der Waals surface area contributed by atoms with Gasteiger partial charge < -0.3 is 15.4 Å². The van der Waals surface area contributed by atoms with E-state index in [0.29, 0.717) is 6.04 Å². The molecule has 0 aliphatic heterocycles. The Labute approximate surface area is 156 Å². The van der Waals surface area contributed by atoms with Crippen molar-refractivity contribution in [2.45, 2.75) is 45.3 Å². The lowest BCUT2D eigenvalue weighted by atomic mass is 10.1. The van der Waals surface area contributed by atoms with Gasteiger partial charge in [-0.25, -0.2) is 0 Å². The lowest BCUT2D eigenvalue weighted by Gasteiger charge is -2.17. The molecule has 0 spiro atoms. The third-order valence-electron chi connectivity index (χ3n) is 3.57. The highest BCUT2D eigenvalue weighted by Crippen LogP contribution is 2.14. The van der Waals surface area contributed by atoms with Crippen LogP contribution in [0.15, 0.2) is 41.4 Å². The average Bonchev–Trinajstić information content (AvgIpc) is 3.00. The van der Waals surface area contributed by atoms with Gasteiger partial charge in [0.1, 0.15) is 5.75 Å². The first-order valence-corrected chi connectivity index (χ1v) is 8.05. The maximum atomic E-state index is 5.65. The van der Waals surface area contributed by atoms with E-state index in [1.807, 2.05) is 33.0 Å². The molecular formula is C18H28IN3O. The van der Waals surface area contributed by atoms with Gasteiger partial charge in [0.2, 0.25) is 0 Å². The predicted octanol–water partition coefficient (Wildman–Crippen LogP) is 3.52. The summed E-state index contributed by atoms with van der Waals surface area (Å²) < 4.78 is 5.65. The Bertz CT molecular complexity index is 504. The van der Waals surface area contributed by atoms with E-state index in [0.717, 1.165) is 37.5 Å². The zero-order valence-corrected chi connectivity index (χ0v) is 16.5. The molecule has 1 aromatic carbocycles. The van der Waals surface area contributed by atoms with Crippen LogP contribution in [-0.2, 0) is 6.42 Å². The number of guanidine groups is 1. The van der Waals surface area contributed by atoms with Crippen LogP contribution in [0.4, 0.5) is 0 Å². The SMILES string of the molecule is CN=C(NCCc1ccc(OC(C)C)cc1)NC1CC=CC1.I. The van der Waals surface area contributed by atoms with E-state index in [-0.39, 0.29) is 30.1 Å². The van der Waals surface area contributed by atoms with Gasteiger partial charge in [-0.2, -0.15) is 0 Å². The maximum Gasteiger partial charge on any atom is 0.191 e. The van der Waals surface area contributed by atoms with Gasteiger partial charge in [-0.3, -0.25) is 4.99 Å². The van der Waals surface area contributed by atoms with Crippen molar-refractivity contribution < 1.29 is 4.74 Å². The number of hydrogen-bond acceptors (Lipinski definition) is 2. The maximum absolute atomic E-state index is 5.65. The first kappa shape index (κ1) is 19.8. The summed E-state index contributed by atoms with van der Waals surface area (Å²) in [4.78, 5) is 4.28. The lowest BCUT2D eigenvalue weighted by molar-refractivity contribution is 0.242. The fourth-order valence-electron chi connectivity index (χ4n) is 2.46. The molecule has 0 saturated heterocycles. The molecular weight excluding hydrogens is 401 g/mol. The van der Waals surface area contributed by atoms with E-state index in [4.69, 9.17) is 4.74 Å². The first-order chi connectivity index (χ1) is 10.7. The van der Waals surface area contributed by atoms with Crippen LogP contribution in [0.25, 0.3) is 0 Å². The summed E-state index contributed by atoms with van der Waals surface area (Å²) in [5, 5.41) is 6.81. The van der Waals surface area contributed by atoms with E-state index >= 15 is 0 Å². The van der Waals surface area contributed by atoms with Crippen LogP contribution in [-0.4, -0.2) is 31.7 Å². The Morgan fingerprint density at radius 2 is 1.87 bits per heavy atom. The molecule has 0 aromatic heterocycles. The highest BCUT2D eigenvalue weighted by Gasteiger charge is 2.11. The minimum Gasteiger partial charge on any atom is -0.491 e. The molecule has 4 nitrogen and oxygen atoms in total. The van der Waals surface area contributed by atoms with Crippen LogP contribution in [0.1, 0.15) is 32.3 Å². The number of rotatable bonds is 6. The van der Waals surface area contributed by atoms with Crippen LogP contribution in [0.5, 0.6) is 5.75 Å². The highest BCUT2D eigenvalue weighted by molar-refractivity contribution is 14.0. The highest BCUT2D eigenvalue weighted by atomic mass is 127. The molecule has 1 aromatic rings. The lowest BCUT2D eigenvalue weighted by Crippen LogP contribution is -2.43. The molecule has 0 radical (unpaired) electrons. The summed E-state index contributed by atoms with van der Waals surface area (Å²) in [7, 11) is 1.82. The van der Waals surface area contributed by atoms with Crippen LogP contribution >= 0.6 is 24.0 Å². The number of ether oxygens (including phenoxy) is 1. The van der Waals surface area contributed by atoms with Gasteiger partial charge >= 0.3 is 0 Å². The second-order valence-electron chi connectivity index (χ2n) is 5.84. The molecule has 0 heterocycles. The van der Waals surface area contributed by atoms with Crippen LogP contribution in [0, 0.1) is 0 Å². The summed E-state index contributed by atoms with van der Waals surface area (Å²) in [5.41, 5.74) is 1.29. The van der Waals surface area contributed by atoms with Crippen molar-refractivity contribution in [1.82, 2.24) is 10.6 Å². The van der Waals surface area contributed by atoms with Crippen LogP contribution in [0.2, 0.25) is 0 Å². The number of halogens is 1. The minimum absolute atomic E-state index is 0. The molecule has 5 heteroatoms. The normalized spacial score (nSPS) is 14.7. The topological polar surface area (TPSA) is 45.7 Å². The Balaban J connectivity index is 0.00000264. The summed E-state index contributed by atoms with van der Waals surface area (Å²) in [6.07, 6.45) is 7.77. The predicted molar refractivity (Wildman–Crippen MR) is 108 cm³/mol. The second kappa shape index (κ2) is 10.5. The molecule has 2 rings (SSSR count). The van der Waals surface area contributed by atoms with Crippen molar-refractivity contribution in [2.75, 3.05) is 13.6 Å². The number of hydrogen-bond donors (Lipinski definition) is 2. The number of benzene rings is 1. The standard InChI is InChI=1S/C18H27N3O.HI/c1-14(2)22-17-10-8-15(9-11-17)12-13-20-18(19-3)21-16-6-4-5-7-16;/h4-5,8-11,14,16H,6-7,12-13H2,1-3H3,(H2,19,20,21);1H. The summed E-state index contributed by atoms with van der Waals surface area (Å²) in [6, 6.07) is 8.80. The minimum atomic E-state index is 0. The Hall–Kier alpha value is -1.24. The van der Waals surface area contributed by atoms with E-state index in [1.165, 1.54) is 5.56 Å². The van der Waals surface area contributed by atoms with E-state index in [1.54, 1.807) is 0 Å². The number of nitrogens with one attached hydrogen (secondary N) is 2. The number of aliphatic imine (C=N–C) groups is 1. The molecule has 0 atom stereocenters. The fourth-order valence-corrected chi connectivity index (χ4v) is 2.46. The number of nitrogens with zero attached hydrogens (tertiary/aromatic N) is 1. The van der Waals surface area contributed by atoms with Gasteiger partial charge in [0, 0.05) is 19.6 Å². The van der Waals surface area contributed by atoms with Crippen molar-refractivity contribution in [1.29, 1.82) is 0 Å². The van der Waals surface area contributed by atoms with Crippen molar-refractivity contribution in [3.05, 3.63) is 42.0 Å².